The fourth-order valence-electron chi connectivity index (χ4n) is 1.52. The Bertz CT molecular complexity index is 330. The number of carbonyl (C=O) groups is 1. The predicted octanol–water partition coefficient (Wildman–Crippen LogP) is 1.14. The van der Waals surface area contributed by atoms with Crippen molar-refractivity contribution in [1.82, 2.24) is 0 Å². The van der Waals surface area contributed by atoms with E-state index in [1.165, 1.54) is 0 Å². The number of benzene rings is 1. The number of ketones is 1. The fourth-order valence-corrected chi connectivity index (χ4v) is 1.52. The van der Waals surface area contributed by atoms with E-state index < -0.39 is 0 Å². The Hall–Kier alpha value is -1.35. The standard InChI is InChI=1S/C10H10O3/c11-6-7-2-1-3-9-10(7)8(12)4-5-13-9/h1-3,11H,4-6H2. The van der Waals surface area contributed by atoms with Crippen molar-refractivity contribution in [2.24, 2.45) is 0 Å². The van der Waals surface area contributed by atoms with Gasteiger partial charge in [0.15, 0.2) is 5.78 Å². The number of Topliss-reactive ketones (excluding diaryl/α,β-unsaturated/α-hetero) is 1. The minimum Gasteiger partial charge on any atom is -0.492 e. The van der Waals surface area contributed by atoms with Gasteiger partial charge in [-0.15, -0.1) is 0 Å². The Labute approximate surface area is 76.0 Å². The molecule has 0 amide bonds. The van der Waals surface area contributed by atoms with E-state index in [4.69, 9.17) is 9.84 Å². The molecule has 1 aromatic rings. The van der Waals surface area contributed by atoms with Crippen LogP contribution in [0, 0.1) is 0 Å². The molecule has 1 aromatic carbocycles. The molecular weight excluding hydrogens is 168 g/mol. The molecule has 3 heteroatoms. The molecule has 1 heterocycles. The van der Waals surface area contributed by atoms with Gasteiger partial charge in [-0.05, 0) is 11.6 Å². The minimum atomic E-state index is -0.113. The van der Waals surface area contributed by atoms with Gasteiger partial charge in [-0.2, -0.15) is 0 Å². The number of aliphatic hydroxyl groups excluding tert-OH is 1. The van der Waals surface area contributed by atoms with Crippen LogP contribution in [-0.2, 0) is 6.61 Å². The van der Waals surface area contributed by atoms with Gasteiger partial charge in [0.25, 0.3) is 0 Å². The predicted molar refractivity (Wildman–Crippen MR) is 46.8 cm³/mol. The number of fused-ring (bicyclic) bond motifs is 1. The lowest BCUT2D eigenvalue weighted by atomic mass is 9.99. The molecule has 0 aromatic heterocycles. The van der Waals surface area contributed by atoms with E-state index in [1.807, 2.05) is 0 Å². The average Bonchev–Trinajstić information content (AvgIpc) is 2.17. The van der Waals surface area contributed by atoms with E-state index >= 15 is 0 Å². The third-order valence-electron chi connectivity index (χ3n) is 2.15. The van der Waals surface area contributed by atoms with Crippen LogP contribution in [0.1, 0.15) is 22.3 Å². The molecule has 0 unspecified atom stereocenters. The monoisotopic (exact) mass is 178 g/mol. The molecule has 1 aliphatic heterocycles. The molecular formula is C10H10O3. The zero-order chi connectivity index (χ0) is 9.26. The zero-order valence-corrected chi connectivity index (χ0v) is 7.12. The molecule has 0 atom stereocenters. The number of aliphatic hydroxyl groups is 1. The first-order chi connectivity index (χ1) is 6.33. The number of hydrogen-bond donors (Lipinski definition) is 1. The number of ether oxygens (including phenoxy) is 1. The number of hydrogen-bond acceptors (Lipinski definition) is 3. The van der Waals surface area contributed by atoms with Crippen LogP contribution < -0.4 is 4.74 Å². The highest BCUT2D eigenvalue weighted by Crippen LogP contribution is 2.27. The average molecular weight is 178 g/mol. The van der Waals surface area contributed by atoms with E-state index in [1.54, 1.807) is 18.2 Å². The third-order valence-corrected chi connectivity index (χ3v) is 2.15. The molecule has 3 nitrogen and oxygen atoms in total. The Morgan fingerprint density at radius 2 is 2.31 bits per heavy atom. The van der Waals surface area contributed by atoms with Gasteiger partial charge in [0.05, 0.1) is 18.8 Å². The minimum absolute atomic E-state index is 0.0610. The zero-order valence-electron chi connectivity index (χ0n) is 7.12. The van der Waals surface area contributed by atoms with Crippen molar-refractivity contribution in [3.05, 3.63) is 29.3 Å². The lowest BCUT2D eigenvalue weighted by Crippen LogP contribution is -2.17. The lowest BCUT2D eigenvalue weighted by molar-refractivity contribution is 0.0929. The second-order valence-corrected chi connectivity index (χ2v) is 2.97. The fraction of sp³-hybridized carbons (Fsp3) is 0.300. The molecule has 0 saturated carbocycles. The van der Waals surface area contributed by atoms with Crippen LogP contribution in [0.25, 0.3) is 0 Å². The van der Waals surface area contributed by atoms with Crippen LogP contribution in [0.2, 0.25) is 0 Å². The van der Waals surface area contributed by atoms with Crippen molar-refractivity contribution >= 4 is 5.78 Å². The largest absolute Gasteiger partial charge is 0.492 e. The molecule has 2 rings (SSSR count). The Morgan fingerprint density at radius 3 is 3.08 bits per heavy atom. The summed E-state index contributed by atoms with van der Waals surface area (Å²) in [5, 5.41) is 9.00. The van der Waals surface area contributed by atoms with E-state index in [2.05, 4.69) is 0 Å². The highest BCUT2D eigenvalue weighted by Gasteiger charge is 2.20. The summed E-state index contributed by atoms with van der Waals surface area (Å²) in [5.74, 6) is 0.661. The normalized spacial score (nSPS) is 15.0. The molecule has 13 heavy (non-hydrogen) atoms. The summed E-state index contributed by atoms with van der Waals surface area (Å²) >= 11 is 0. The van der Waals surface area contributed by atoms with Crippen LogP contribution in [0.3, 0.4) is 0 Å². The highest BCUT2D eigenvalue weighted by molar-refractivity contribution is 6.00. The smallest absolute Gasteiger partial charge is 0.170 e. The quantitative estimate of drug-likeness (QED) is 0.701. The first kappa shape index (κ1) is 8.26. The van der Waals surface area contributed by atoms with Crippen LogP contribution in [0.5, 0.6) is 5.75 Å². The van der Waals surface area contributed by atoms with E-state index in [9.17, 15) is 4.79 Å². The van der Waals surface area contributed by atoms with Crippen LogP contribution >= 0.6 is 0 Å². The molecule has 1 aliphatic rings. The lowest BCUT2D eigenvalue weighted by Gasteiger charge is -2.18. The Morgan fingerprint density at radius 1 is 1.46 bits per heavy atom. The van der Waals surface area contributed by atoms with E-state index in [0.29, 0.717) is 29.9 Å². The molecule has 0 spiro atoms. The molecule has 0 saturated heterocycles. The van der Waals surface area contributed by atoms with Gasteiger partial charge >= 0.3 is 0 Å². The Balaban J connectivity index is 2.56. The summed E-state index contributed by atoms with van der Waals surface area (Å²) in [7, 11) is 0. The van der Waals surface area contributed by atoms with Crippen molar-refractivity contribution in [1.29, 1.82) is 0 Å². The van der Waals surface area contributed by atoms with Crippen molar-refractivity contribution in [2.75, 3.05) is 6.61 Å². The second-order valence-electron chi connectivity index (χ2n) is 2.97. The van der Waals surface area contributed by atoms with E-state index in [-0.39, 0.29) is 12.4 Å². The van der Waals surface area contributed by atoms with Crippen molar-refractivity contribution < 1.29 is 14.6 Å². The number of carbonyl (C=O) groups excluding carboxylic acids is 1. The summed E-state index contributed by atoms with van der Waals surface area (Å²) < 4.78 is 5.30. The summed E-state index contributed by atoms with van der Waals surface area (Å²) in [6.45, 7) is 0.332. The van der Waals surface area contributed by atoms with Gasteiger partial charge in [0, 0.05) is 6.42 Å². The maximum absolute atomic E-state index is 11.5. The van der Waals surface area contributed by atoms with Crippen molar-refractivity contribution in [2.45, 2.75) is 13.0 Å². The van der Waals surface area contributed by atoms with Crippen LogP contribution in [0.4, 0.5) is 0 Å². The van der Waals surface area contributed by atoms with Crippen LogP contribution in [-0.4, -0.2) is 17.5 Å². The van der Waals surface area contributed by atoms with Gasteiger partial charge < -0.3 is 9.84 Å². The van der Waals surface area contributed by atoms with Gasteiger partial charge in [0.2, 0.25) is 0 Å². The van der Waals surface area contributed by atoms with Gasteiger partial charge in [-0.3, -0.25) is 4.79 Å². The first-order valence-corrected chi connectivity index (χ1v) is 4.21. The SMILES string of the molecule is O=C1CCOc2cccc(CO)c21. The number of rotatable bonds is 1. The van der Waals surface area contributed by atoms with E-state index in [0.717, 1.165) is 0 Å². The van der Waals surface area contributed by atoms with Gasteiger partial charge in [0.1, 0.15) is 5.75 Å². The molecule has 0 radical (unpaired) electrons. The molecule has 0 bridgehead atoms. The maximum Gasteiger partial charge on any atom is 0.170 e. The Kier molecular flexibility index (Phi) is 2.02. The maximum atomic E-state index is 11.5. The highest BCUT2D eigenvalue weighted by atomic mass is 16.5. The van der Waals surface area contributed by atoms with Gasteiger partial charge in [-0.25, -0.2) is 0 Å². The summed E-state index contributed by atoms with van der Waals surface area (Å²) in [6, 6.07) is 5.28. The summed E-state index contributed by atoms with van der Waals surface area (Å²) in [5.41, 5.74) is 1.21. The summed E-state index contributed by atoms with van der Waals surface area (Å²) in [6.07, 6.45) is 0.407. The second kappa shape index (κ2) is 3.18. The molecule has 68 valence electrons. The van der Waals surface area contributed by atoms with Gasteiger partial charge in [-0.1, -0.05) is 12.1 Å². The molecule has 1 N–H and O–H groups in total. The van der Waals surface area contributed by atoms with Crippen LogP contribution in [0.15, 0.2) is 18.2 Å². The third kappa shape index (κ3) is 1.31. The first-order valence-electron chi connectivity index (χ1n) is 4.21. The molecule has 0 fully saturated rings. The van der Waals surface area contributed by atoms with Crippen molar-refractivity contribution in [3.63, 3.8) is 0 Å². The summed E-state index contributed by atoms with van der Waals surface area (Å²) in [4.78, 5) is 11.5. The molecule has 0 aliphatic carbocycles. The topological polar surface area (TPSA) is 46.5 Å². The van der Waals surface area contributed by atoms with Crippen molar-refractivity contribution in [3.8, 4) is 5.75 Å².